The van der Waals surface area contributed by atoms with E-state index in [0.29, 0.717) is 49.2 Å². The average Bonchev–Trinajstić information content (AvgIpc) is 3.18. The predicted octanol–water partition coefficient (Wildman–Crippen LogP) is 1.49. The first-order valence-corrected chi connectivity index (χ1v) is 8.62. The van der Waals surface area contributed by atoms with E-state index >= 15 is 0 Å². The van der Waals surface area contributed by atoms with Gasteiger partial charge in [0.2, 0.25) is 5.91 Å². The zero-order valence-electron chi connectivity index (χ0n) is 14.6. The Balaban J connectivity index is 1.65. The van der Waals surface area contributed by atoms with Crippen LogP contribution in [-0.4, -0.2) is 49.6 Å². The van der Waals surface area contributed by atoms with Gasteiger partial charge in [0.05, 0.1) is 25.2 Å². The number of hydrogen-bond donors (Lipinski definition) is 1. The van der Waals surface area contributed by atoms with Gasteiger partial charge in [0.25, 0.3) is 5.91 Å². The van der Waals surface area contributed by atoms with Crippen LogP contribution in [0.2, 0.25) is 0 Å². The van der Waals surface area contributed by atoms with Gasteiger partial charge in [-0.3, -0.25) is 14.5 Å². The molecule has 2 aromatic rings. The van der Waals surface area contributed by atoms with Crippen molar-refractivity contribution >= 4 is 29.3 Å². The number of ether oxygens (including phenoxy) is 2. The third-order valence-electron chi connectivity index (χ3n) is 4.42. The molecule has 1 aromatic carbocycles. The van der Waals surface area contributed by atoms with Crippen molar-refractivity contribution in [2.24, 2.45) is 0 Å². The number of fused-ring (bicyclic) bond motifs is 1. The van der Waals surface area contributed by atoms with Crippen LogP contribution in [0.5, 0.6) is 5.75 Å². The fraction of sp³-hybridized carbons (Fsp3) is 0.263. The lowest BCUT2D eigenvalue weighted by Crippen LogP contribution is -2.48. The van der Waals surface area contributed by atoms with E-state index in [0.717, 1.165) is 0 Å². The molecule has 2 aliphatic rings. The molecule has 2 amide bonds. The highest BCUT2D eigenvalue weighted by Crippen LogP contribution is 2.37. The standard InChI is InChI=1S/C19H19N3O5/c20-13-3-4-15-16(10-13)27-17(11-14-2-1-7-26-14)19(24)22(15)12-18(23)21-5-8-25-9-6-21/h1-4,7,10-11H,5-6,8-9,12,20H2/b17-11+. The van der Waals surface area contributed by atoms with Crippen molar-refractivity contribution in [1.82, 2.24) is 4.90 Å². The molecule has 0 radical (unpaired) electrons. The third kappa shape index (κ3) is 3.52. The summed E-state index contributed by atoms with van der Waals surface area (Å²) in [5.41, 5.74) is 6.86. The van der Waals surface area contributed by atoms with E-state index < -0.39 is 5.91 Å². The highest BCUT2D eigenvalue weighted by atomic mass is 16.5. The van der Waals surface area contributed by atoms with Gasteiger partial charge in [-0.2, -0.15) is 0 Å². The molecule has 4 rings (SSSR count). The molecule has 140 valence electrons. The normalized spacial score (nSPS) is 18.4. The number of hydrogen-bond acceptors (Lipinski definition) is 6. The van der Waals surface area contributed by atoms with Crippen LogP contribution in [0.15, 0.2) is 46.8 Å². The molecule has 2 aliphatic heterocycles. The molecular formula is C19H19N3O5. The van der Waals surface area contributed by atoms with Crippen LogP contribution in [0, 0.1) is 0 Å². The van der Waals surface area contributed by atoms with Crippen molar-refractivity contribution in [2.75, 3.05) is 43.5 Å². The molecule has 0 bridgehead atoms. The van der Waals surface area contributed by atoms with E-state index in [1.165, 1.54) is 17.2 Å². The summed E-state index contributed by atoms with van der Waals surface area (Å²) >= 11 is 0. The van der Waals surface area contributed by atoms with Gasteiger partial charge in [-0.25, -0.2) is 0 Å². The Kier molecular flexibility index (Phi) is 4.55. The largest absolute Gasteiger partial charge is 0.465 e. The number of furan rings is 1. The Morgan fingerprint density at radius 1 is 1.22 bits per heavy atom. The molecule has 1 aromatic heterocycles. The van der Waals surface area contributed by atoms with Crippen molar-refractivity contribution in [1.29, 1.82) is 0 Å². The summed E-state index contributed by atoms with van der Waals surface area (Å²) < 4.78 is 16.3. The number of nitrogen functional groups attached to an aromatic ring is 1. The number of anilines is 2. The van der Waals surface area contributed by atoms with E-state index in [9.17, 15) is 9.59 Å². The number of benzene rings is 1. The Labute approximate surface area is 155 Å². The van der Waals surface area contributed by atoms with Gasteiger partial charge in [0, 0.05) is 30.9 Å². The second-order valence-electron chi connectivity index (χ2n) is 6.24. The lowest BCUT2D eigenvalue weighted by atomic mass is 10.1. The molecule has 8 nitrogen and oxygen atoms in total. The number of amides is 2. The lowest BCUT2D eigenvalue weighted by molar-refractivity contribution is -0.135. The smallest absolute Gasteiger partial charge is 0.294 e. The molecule has 2 N–H and O–H groups in total. The molecule has 0 atom stereocenters. The van der Waals surface area contributed by atoms with Gasteiger partial charge in [0.1, 0.15) is 12.3 Å². The molecule has 0 aliphatic carbocycles. The average molecular weight is 369 g/mol. The van der Waals surface area contributed by atoms with Crippen molar-refractivity contribution in [3.05, 3.63) is 48.1 Å². The molecular weight excluding hydrogens is 350 g/mol. The fourth-order valence-electron chi connectivity index (χ4n) is 3.04. The predicted molar refractivity (Wildman–Crippen MR) is 97.9 cm³/mol. The summed E-state index contributed by atoms with van der Waals surface area (Å²) in [6.07, 6.45) is 3.01. The molecule has 0 saturated carbocycles. The summed E-state index contributed by atoms with van der Waals surface area (Å²) in [4.78, 5) is 28.8. The van der Waals surface area contributed by atoms with Gasteiger partial charge in [-0.05, 0) is 24.3 Å². The Bertz CT molecular complexity index is 885. The molecule has 1 saturated heterocycles. The SMILES string of the molecule is Nc1ccc2c(c1)O/C(=C/c1ccco1)C(=O)N2CC(=O)N1CCOCC1. The van der Waals surface area contributed by atoms with E-state index in [-0.39, 0.29) is 18.2 Å². The number of carbonyl (C=O) groups excluding carboxylic acids is 2. The van der Waals surface area contributed by atoms with Gasteiger partial charge < -0.3 is 24.5 Å². The van der Waals surface area contributed by atoms with Crippen LogP contribution in [0.25, 0.3) is 6.08 Å². The van der Waals surface area contributed by atoms with Crippen molar-refractivity contribution < 1.29 is 23.5 Å². The highest BCUT2D eigenvalue weighted by Gasteiger charge is 2.33. The van der Waals surface area contributed by atoms with Crippen LogP contribution in [0.1, 0.15) is 5.76 Å². The molecule has 1 fully saturated rings. The second-order valence-corrected chi connectivity index (χ2v) is 6.24. The van der Waals surface area contributed by atoms with E-state index in [1.54, 1.807) is 35.2 Å². The number of morpholine rings is 1. The maximum absolute atomic E-state index is 13.0. The number of nitrogens with zero attached hydrogens (tertiary/aromatic N) is 2. The maximum Gasteiger partial charge on any atom is 0.294 e. The van der Waals surface area contributed by atoms with E-state index in [2.05, 4.69) is 0 Å². The second kappa shape index (κ2) is 7.16. The first kappa shape index (κ1) is 17.2. The number of carbonyl (C=O) groups is 2. The minimum atomic E-state index is -0.412. The summed E-state index contributed by atoms with van der Waals surface area (Å²) in [5.74, 6) is 0.407. The highest BCUT2D eigenvalue weighted by molar-refractivity contribution is 6.12. The van der Waals surface area contributed by atoms with E-state index in [1.807, 2.05) is 0 Å². The zero-order valence-corrected chi connectivity index (χ0v) is 14.6. The maximum atomic E-state index is 13.0. The lowest BCUT2D eigenvalue weighted by Gasteiger charge is -2.33. The first-order chi connectivity index (χ1) is 13.1. The van der Waals surface area contributed by atoms with Gasteiger partial charge in [0.15, 0.2) is 11.5 Å². The monoisotopic (exact) mass is 369 g/mol. The summed E-state index contributed by atoms with van der Waals surface area (Å²) in [6.45, 7) is 1.94. The molecule has 8 heteroatoms. The van der Waals surface area contributed by atoms with Gasteiger partial charge >= 0.3 is 0 Å². The minimum absolute atomic E-state index is 0.0674. The van der Waals surface area contributed by atoms with Crippen molar-refractivity contribution in [3.8, 4) is 5.75 Å². The van der Waals surface area contributed by atoms with Crippen LogP contribution >= 0.6 is 0 Å². The quantitative estimate of drug-likeness (QED) is 0.650. The first-order valence-electron chi connectivity index (χ1n) is 8.62. The molecule has 3 heterocycles. The number of nitrogens with two attached hydrogens (primary N) is 1. The van der Waals surface area contributed by atoms with Crippen molar-refractivity contribution in [3.63, 3.8) is 0 Å². The molecule has 27 heavy (non-hydrogen) atoms. The van der Waals surface area contributed by atoms with Crippen LogP contribution in [0.4, 0.5) is 11.4 Å². The van der Waals surface area contributed by atoms with Crippen LogP contribution in [-0.2, 0) is 14.3 Å². The topological polar surface area (TPSA) is 98.2 Å². The van der Waals surface area contributed by atoms with Gasteiger partial charge in [-0.15, -0.1) is 0 Å². The van der Waals surface area contributed by atoms with Crippen LogP contribution in [0.3, 0.4) is 0 Å². The summed E-state index contributed by atoms with van der Waals surface area (Å²) in [7, 11) is 0. The number of rotatable bonds is 3. The Hall–Kier alpha value is -3.26. The third-order valence-corrected chi connectivity index (χ3v) is 4.42. The fourth-order valence-corrected chi connectivity index (χ4v) is 3.04. The molecule has 0 spiro atoms. The summed E-state index contributed by atoms with van der Waals surface area (Å²) in [5, 5.41) is 0. The molecule has 0 unspecified atom stereocenters. The van der Waals surface area contributed by atoms with Crippen LogP contribution < -0.4 is 15.4 Å². The van der Waals surface area contributed by atoms with Gasteiger partial charge in [-0.1, -0.05) is 0 Å². The minimum Gasteiger partial charge on any atom is -0.465 e. The Morgan fingerprint density at radius 2 is 2.04 bits per heavy atom. The van der Waals surface area contributed by atoms with E-state index in [4.69, 9.17) is 19.6 Å². The zero-order chi connectivity index (χ0) is 18.8. The van der Waals surface area contributed by atoms with Crippen molar-refractivity contribution in [2.45, 2.75) is 0 Å². The summed E-state index contributed by atoms with van der Waals surface area (Å²) in [6, 6.07) is 8.40. The Morgan fingerprint density at radius 3 is 2.78 bits per heavy atom.